The Balaban J connectivity index is 2.22. The molecule has 0 unspecified atom stereocenters. The lowest BCUT2D eigenvalue weighted by molar-refractivity contribution is 0.413. The minimum Gasteiger partial charge on any atom is -0.457 e. The molecule has 2 nitrogen and oxygen atoms in total. The number of hydrogen-bond donors (Lipinski definition) is 1. The van der Waals surface area contributed by atoms with E-state index in [0.717, 1.165) is 16.9 Å². The van der Waals surface area contributed by atoms with Crippen molar-refractivity contribution in [3.8, 4) is 11.5 Å². The molecule has 0 fully saturated rings. The van der Waals surface area contributed by atoms with Crippen LogP contribution in [-0.4, -0.2) is 5.54 Å². The van der Waals surface area contributed by atoms with Gasteiger partial charge in [-0.25, -0.2) is 4.39 Å². The molecule has 2 aromatic rings. The van der Waals surface area contributed by atoms with Crippen LogP contribution in [0.25, 0.3) is 0 Å². The predicted molar refractivity (Wildman–Crippen MR) is 84.2 cm³/mol. The first-order valence-electron chi connectivity index (χ1n) is 7.11. The van der Waals surface area contributed by atoms with Crippen molar-refractivity contribution < 1.29 is 9.13 Å². The highest BCUT2D eigenvalue weighted by molar-refractivity contribution is 5.39. The molecule has 0 aliphatic heterocycles. The van der Waals surface area contributed by atoms with Gasteiger partial charge in [-0.3, -0.25) is 0 Å². The Bertz CT molecular complexity index is 617. The zero-order chi connectivity index (χ0) is 15.5. The van der Waals surface area contributed by atoms with Crippen LogP contribution in [-0.2, 0) is 6.54 Å². The lowest BCUT2D eigenvalue weighted by Crippen LogP contribution is -2.35. The van der Waals surface area contributed by atoms with Gasteiger partial charge in [-0.1, -0.05) is 12.1 Å². The Labute approximate surface area is 126 Å². The highest BCUT2D eigenvalue weighted by Crippen LogP contribution is 2.27. The molecule has 0 aromatic heterocycles. The molecule has 1 N–H and O–H groups in total. The first-order valence-corrected chi connectivity index (χ1v) is 7.11. The zero-order valence-corrected chi connectivity index (χ0v) is 13.0. The third-order valence-electron chi connectivity index (χ3n) is 3.05. The molecule has 0 atom stereocenters. The van der Waals surface area contributed by atoms with E-state index in [1.165, 1.54) is 12.1 Å². The summed E-state index contributed by atoms with van der Waals surface area (Å²) < 4.78 is 19.4. The van der Waals surface area contributed by atoms with Crippen molar-refractivity contribution in [1.82, 2.24) is 5.32 Å². The fourth-order valence-corrected chi connectivity index (χ4v) is 1.95. The van der Waals surface area contributed by atoms with Crippen LogP contribution in [0.2, 0.25) is 0 Å². The number of ether oxygens (including phenoxy) is 1. The van der Waals surface area contributed by atoms with Crippen LogP contribution in [0.15, 0.2) is 42.5 Å². The van der Waals surface area contributed by atoms with Crippen molar-refractivity contribution in [2.45, 2.75) is 39.8 Å². The van der Waals surface area contributed by atoms with Gasteiger partial charge in [-0.15, -0.1) is 0 Å². The van der Waals surface area contributed by atoms with Gasteiger partial charge in [-0.05, 0) is 63.6 Å². The van der Waals surface area contributed by atoms with Gasteiger partial charge < -0.3 is 10.1 Å². The molecule has 0 aliphatic carbocycles. The molecule has 2 aromatic carbocycles. The van der Waals surface area contributed by atoms with E-state index in [2.05, 4.69) is 26.1 Å². The topological polar surface area (TPSA) is 21.3 Å². The largest absolute Gasteiger partial charge is 0.457 e. The zero-order valence-electron chi connectivity index (χ0n) is 13.0. The number of benzene rings is 2. The fraction of sp³-hybridized carbons (Fsp3) is 0.333. The summed E-state index contributed by atoms with van der Waals surface area (Å²) >= 11 is 0. The summed E-state index contributed by atoms with van der Waals surface area (Å²) in [4.78, 5) is 0. The quantitative estimate of drug-likeness (QED) is 0.871. The van der Waals surface area contributed by atoms with Crippen molar-refractivity contribution >= 4 is 0 Å². The minimum absolute atomic E-state index is 0.0348. The SMILES string of the molecule is Cc1cccc(Oc2ccc(F)cc2CNC(C)(C)C)c1. The molecule has 0 radical (unpaired) electrons. The smallest absolute Gasteiger partial charge is 0.132 e. The van der Waals surface area contributed by atoms with Crippen LogP contribution in [0.1, 0.15) is 31.9 Å². The molecule has 3 heteroatoms. The third kappa shape index (κ3) is 4.87. The number of nitrogens with one attached hydrogen (secondary N) is 1. The molecule has 0 spiro atoms. The van der Waals surface area contributed by atoms with Gasteiger partial charge in [0.1, 0.15) is 17.3 Å². The van der Waals surface area contributed by atoms with E-state index in [4.69, 9.17) is 4.74 Å². The van der Waals surface area contributed by atoms with Gasteiger partial charge in [0.15, 0.2) is 0 Å². The van der Waals surface area contributed by atoms with Crippen LogP contribution in [0, 0.1) is 12.7 Å². The molecule has 0 heterocycles. The standard InChI is InChI=1S/C18H22FNO/c1-13-6-5-7-16(10-13)21-17-9-8-15(19)11-14(17)12-20-18(2,3)4/h5-11,20H,12H2,1-4H3. The summed E-state index contributed by atoms with van der Waals surface area (Å²) in [6.45, 7) is 8.80. The number of aryl methyl sites for hydroxylation is 1. The molecule has 0 bridgehead atoms. The maximum Gasteiger partial charge on any atom is 0.132 e. The Kier molecular flexibility index (Phi) is 4.63. The summed E-state index contributed by atoms with van der Waals surface area (Å²) in [5.74, 6) is 1.19. The average Bonchev–Trinajstić information content (AvgIpc) is 2.38. The molecule has 0 saturated heterocycles. The van der Waals surface area contributed by atoms with E-state index >= 15 is 0 Å². The lowest BCUT2D eigenvalue weighted by atomic mass is 10.1. The summed E-state index contributed by atoms with van der Waals surface area (Å²) in [6, 6.07) is 12.4. The minimum atomic E-state index is -0.252. The molecule has 0 aliphatic rings. The van der Waals surface area contributed by atoms with E-state index < -0.39 is 0 Å². The van der Waals surface area contributed by atoms with Gasteiger partial charge in [0.05, 0.1) is 0 Å². The van der Waals surface area contributed by atoms with E-state index in [1.807, 2.05) is 31.2 Å². The van der Waals surface area contributed by atoms with Crippen molar-refractivity contribution in [3.63, 3.8) is 0 Å². The normalized spacial score (nSPS) is 11.5. The predicted octanol–water partition coefficient (Wildman–Crippen LogP) is 4.81. The molecule has 112 valence electrons. The maximum atomic E-state index is 13.5. The molecule has 0 amide bonds. The maximum absolute atomic E-state index is 13.5. The van der Waals surface area contributed by atoms with E-state index in [0.29, 0.717) is 12.3 Å². The summed E-state index contributed by atoms with van der Waals surface area (Å²) in [5, 5.41) is 3.36. The van der Waals surface area contributed by atoms with Gasteiger partial charge >= 0.3 is 0 Å². The highest BCUT2D eigenvalue weighted by atomic mass is 19.1. The average molecular weight is 287 g/mol. The van der Waals surface area contributed by atoms with Gasteiger partial charge in [-0.2, -0.15) is 0 Å². The molecule has 0 saturated carbocycles. The first-order chi connectivity index (χ1) is 9.83. The van der Waals surface area contributed by atoms with Gasteiger partial charge in [0.2, 0.25) is 0 Å². The van der Waals surface area contributed by atoms with Crippen molar-refractivity contribution in [3.05, 3.63) is 59.4 Å². The Morgan fingerprint density at radius 2 is 1.86 bits per heavy atom. The molecular weight excluding hydrogens is 265 g/mol. The summed E-state index contributed by atoms with van der Waals surface area (Å²) in [7, 11) is 0. The highest BCUT2D eigenvalue weighted by Gasteiger charge is 2.12. The molecule has 2 rings (SSSR count). The van der Waals surface area contributed by atoms with Crippen LogP contribution in [0.3, 0.4) is 0 Å². The monoisotopic (exact) mass is 287 g/mol. The second kappa shape index (κ2) is 6.27. The molecular formula is C18H22FNO. The number of rotatable bonds is 4. The summed E-state index contributed by atoms with van der Waals surface area (Å²) in [6.07, 6.45) is 0. The Hall–Kier alpha value is -1.87. The van der Waals surface area contributed by atoms with Crippen LogP contribution in [0.4, 0.5) is 4.39 Å². The fourth-order valence-electron chi connectivity index (χ4n) is 1.95. The Morgan fingerprint density at radius 1 is 1.10 bits per heavy atom. The van der Waals surface area contributed by atoms with Crippen LogP contribution >= 0.6 is 0 Å². The number of halogens is 1. The first kappa shape index (κ1) is 15.5. The van der Waals surface area contributed by atoms with Crippen molar-refractivity contribution in [1.29, 1.82) is 0 Å². The van der Waals surface area contributed by atoms with Crippen LogP contribution < -0.4 is 10.1 Å². The molecule has 21 heavy (non-hydrogen) atoms. The van der Waals surface area contributed by atoms with Gasteiger partial charge in [0.25, 0.3) is 0 Å². The van der Waals surface area contributed by atoms with E-state index in [9.17, 15) is 4.39 Å². The van der Waals surface area contributed by atoms with Gasteiger partial charge in [0, 0.05) is 17.6 Å². The second-order valence-electron chi connectivity index (χ2n) is 6.27. The van der Waals surface area contributed by atoms with E-state index in [-0.39, 0.29) is 11.4 Å². The van der Waals surface area contributed by atoms with Crippen molar-refractivity contribution in [2.75, 3.05) is 0 Å². The third-order valence-corrected chi connectivity index (χ3v) is 3.05. The number of hydrogen-bond acceptors (Lipinski definition) is 2. The van der Waals surface area contributed by atoms with Crippen molar-refractivity contribution in [2.24, 2.45) is 0 Å². The Morgan fingerprint density at radius 3 is 2.52 bits per heavy atom. The summed E-state index contributed by atoms with van der Waals surface area (Å²) in [5.41, 5.74) is 1.91. The van der Waals surface area contributed by atoms with Crippen LogP contribution in [0.5, 0.6) is 11.5 Å². The van der Waals surface area contributed by atoms with E-state index in [1.54, 1.807) is 6.07 Å². The lowest BCUT2D eigenvalue weighted by Gasteiger charge is -2.21. The second-order valence-corrected chi connectivity index (χ2v) is 6.27.